The number of halogens is 1. The van der Waals surface area contributed by atoms with Crippen molar-refractivity contribution >= 4 is 15.9 Å². The molecule has 1 heterocycles. The summed E-state index contributed by atoms with van der Waals surface area (Å²) in [5, 5.41) is 3.46. The van der Waals surface area contributed by atoms with Crippen molar-refractivity contribution in [3.63, 3.8) is 0 Å². The Bertz CT molecular complexity index is 528. The minimum absolute atomic E-state index is 0.290. The van der Waals surface area contributed by atoms with Crippen LogP contribution in [0.5, 0.6) is 0 Å². The Kier molecular flexibility index (Phi) is 4.44. The van der Waals surface area contributed by atoms with Crippen molar-refractivity contribution in [1.29, 1.82) is 0 Å². The molecular formula is C14H16BrN3. The first-order valence-electron chi connectivity index (χ1n) is 5.92. The van der Waals surface area contributed by atoms with E-state index in [1.165, 1.54) is 5.56 Å². The molecule has 0 saturated carbocycles. The number of aryl methyl sites for hydroxylation is 1. The minimum atomic E-state index is 0.290. The van der Waals surface area contributed by atoms with Crippen LogP contribution in [0.25, 0.3) is 0 Å². The molecule has 2 aromatic rings. The zero-order valence-electron chi connectivity index (χ0n) is 10.5. The summed E-state index contributed by atoms with van der Waals surface area (Å²) in [5.41, 5.74) is 2.28. The Morgan fingerprint density at radius 2 is 2.17 bits per heavy atom. The van der Waals surface area contributed by atoms with Gasteiger partial charge in [0.15, 0.2) is 0 Å². The molecule has 1 unspecified atom stereocenters. The van der Waals surface area contributed by atoms with E-state index in [1.54, 1.807) is 6.20 Å². The van der Waals surface area contributed by atoms with Crippen molar-refractivity contribution in [3.8, 4) is 0 Å². The number of benzene rings is 1. The number of hydrogen-bond acceptors (Lipinski definition) is 3. The van der Waals surface area contributed by atoms with E-state index in [9.17, 15) is 0 Å². The largest absolute Gasteiger partial charge is 0.305 e. The highest BCUT2D eigenvalue weighted by Gasteiger charge is 2.05. The molecule has 0 radical (unpaired) electrons. The van der Waals surface area contributed by atoms with E-state index in [-0.39, 0.29) is 6.04 Å². The first kappa shape index (κ1) is 13.2. The zero-order chi connectivity index (χ0) is 13.0. The third-order valence-corrected chi connectivity index (χ3v) is 3.26. The molecule has 2 rings (SSSR count). The van der Waals surface area contributed by atoms with Crippen molar-refractivity contribution in [3.05, 3.63) is 58.1 Å². The van der Waals surface area contributed by atoms with Gasteiger partial charge in [-0.1, -0.05) is 28.1 Å². The molecule has 0 aliphatic carbocycles. The van der Waals surface area contributed by atoms with E-state index in [0.717, 1.165) is 22.5 Å². The lowest BCUT2D eigenvalue weighted by molar-refractivity contribution is 0.566. The Morgan fingerprint density at radius 3 is 2.89 bits per heavy atom. The smallest absolute Gasteiger partial charge is 0.125 e. The van der Waals surface area contributed by atoms with Crippen LogP contribution in [0.2, 0.25) is 0 Å². The molecule has 0 spiro atoms. The summed E-state index contributed by atoms with van der Waals surface area (Å²) in [6.07, 6.45) is 1.79. The highest BCUT2D eigenvalue weighted by atomic mass is 79.9. The molecule has 1 aromatic carbocycles. The summed E-state index contributed by atoms with van der Waals surface area (Å²) >= 11 is 3.49. The molecule has 0 fully saturated rings. The Morgan fingerprint density at radius 1 is 1.33 bits per heavy atom. The standard InChI is InChI=1S/C14H16BrN3/c1-10(12-4-3-5-13(15)8-12)17-9-14-6-7-16-11(2)18-14/h3-8,10,17H,9H2,1-2H3. The van der Waals surface area contributed by atoms with Crippen LogP contribution in [0.3, 0.4) is 0 Å². The second-order valence-corrected chi connectivity index (χ2v) is 5.17. The number of nitrogens with zero attached hydrogens (tertiary/aromatic N) is 2. The fourth-order valence-electron chi connectivity index (χ4n) is 1.76. The molecule has 0 aliphatic heterocycles. The maximum atomic E-state index is 4.37. The van der Waals surface area contributed by atoms with Gasteiger partial charge < -0.3 is 5.32 Å². The maximum absolute atomic E-state index is 4.37. The molecular weight excluding hydrogens is 290 g/mol. The van der Waals surface area contributed by atoms with E-state index in [2.05, 4.69) is 50.3 Å². The van der Waals surface area contributed by atoms with E-state index < -0.39 is 0 Å². The highest BCUT2D eigenvalue weighted by Crippen LogP contribution is 2.18. The van der Waals surface area contributed by atoms with Crippen molar-refractivity contribution in [2.75, 3.05) is 0 Å². The third-order valence-electron chi connectivity index (χ3n) is 2.77. The predicted octanol–water partition coefficient (Wildman–Crippen LogP) is 3.40. The molecule has 3 nitrogen and oxygen atoms in total. The SMILES string of the molecule is Cc1nccc(CNC(C)c2cccc(Br)c2)n1. The monoisotopic (exact) mass is 305 g/mol. The van der Waals surface area contributed by atoms with Crippen LogP contribution in [0.1, 0.15) is 30.0 Å². The molecule has 0 saturated heterocycles. The fraction of sp³-hybridized carbons (Fsp3) is 0.286. The van der Waals surface area contributed by atoms with Crippen molar-refractivity contribution in [2.45, 2.75) is 26.4 Å². The van der Waals surface area contributed by atoms with Crippen LogP contribution >= 0.6 is 15.9 Å². The number of rotatable bonds is 4. The van der Waals surface area contributed by atoms with E-state index >= 15 is 0 Å². The van der Waals surface area contributed by atoms with Crippen LogP contribution in [0.4, 0.5) is 0 Å². The second-order valence-electron chi connectivity index (χ2n) is 4.25. The fourth-order valence-corrected chi connectivity index (χ4v) is 2.17. The van der Waals surface area contributed by atoms with Gasteiger partial charge in [-0.15, -0.1) is 0 Å². The van der Waals surface area contributed by atoms with Crippen LogP contribution in [-0.4, -0.2) is 9.97 Å². The number of nitrogens with one attached hydrogen (secondary N) is 1. The van der Waals surface area contributed by atoms with Crippen LogP contribution in [0, 0.1) is 6.92 Å². The van der Waals surface area contributed by atoms with E-state index in [0.29, 0.717) is 0 Å². The van der Waals surface area contributed by atoms with Gasteiger partial charge in [0, 0.05) is 23.3 Å². The molecule has 4 heteroatoms. The molecule has 1 aromatic heterocycles. The molecule has 94 valence electrons. The molecule has 1 atom stereocenters. The third kappa shape index (κ3) is 3.62. The van der Waals surface area contributed by atoms with Gasteiger partial charge >= 0.3 is 0 Å². The maximum Gasteiger partial charge on any atom is 0.125 e. The Hall–Kier alpha value is -1.26. The van der Waals surface area contributed by atoms with Crippen molar-refractivity contribution in [1.82, 2.24) is 15.3 Å². The lowest BCUT2D eigenvalue weighted by Crippen LogP contribution is -2.19. The quantitative estimate of drug-likeness (QED) is 0.941. The second kappa shape index (κ2) is 6.07. The van der Waals surface area contributed by atoms with Gasteiger partial charge in [-0.25, -0.2) is 9.97 Å². The molecule has 18 heavy (non-hydrogen) atoms. The summed E-state index contributed by atoms with van der Waals surface area (Å²) < 4.78 is 1.10. The van der Waals surface area contributed by atoms with Crippen molar-refractivity contribution < 1.29 is 0 Å². The molecule has 0 bridgehead atoms. The topological polar surface area (TPSA) is 37.8 Å². The summed E-state index contributed by atoms with van der Waals surface area (Å²) in [6.45, 7) is 4.80. The normalized spacial score (nSPS) is 12.4. The predicted molar refractivity (Wildman–Crippen MR) is 76.2 cm³/mol. The average Bonchev–Trinajstić information content (AvgIpc) is 2.36. The summed E-state index contributed by atoms with van der Waals surface area (Å²) in [7, 11) is 0. The average molecular weight is 306 g/mol. The zero-order valence-corrected chi connectivity index (χ0v) is 12.1. The van der Waals surface area contributed by atoms with Gasteiger partial charge in [-0.3, -0.25) is 0 Å². The van der Waals surface area contributed by atoms with Crippen LogP contribution in [0.15, 0.2) is 41.0 Å². The van der Waals surface area contributed by atoms with Gasteiger partial charge in [0.25, 0.3) is 0 Å². The van der Waals surface area contributed by atoms with Gasteiger partial charge in [0.2, 0.25) is 0 Å². The highest BCUT2D eigenvalue weighted by molar-refractivity contribution is 9.10. The van der Waals surface area contributed by atoms with Gasteiger partial charge in [0.05, 0.1) is 5.69 Å². The lowest BCUT2D eigenvalue weighted by Gasteiger charge is -2.14. The lowest BCUT2D eigenvalue weighted by atomic mass is 10.1. The minimum Gasteiger partial charge on any atom is -0.305 e. The Balaban J connectivity index is 1.98. The first-order chi connectivity index (χ1) is 8.65. The molecule has 0 aliphatic rings. The summed E-state index contributed by atoms with van der Waals surface area (Å²) in [6, 6.07) is 10.6. The number of aromatic nitrogens is 2. The molecule has 0 amide bonds. The summed E-state index contributed by atoms with van der Waals surface area (Å²) in [5.74, 6) is 0.810. The van der Waals surface area contributed by atoms with Gasteiger partial charge in [0.1, 0.15) is 5.82 Å². The van der Waals surface area contributed by atoms with Crippen LogP contribution < -0.4 is 5.32 Å². The first-order valence-corrected chi connectivity index (χ1v) is 6.72. The Labute approximate surface area is 116 Å². The van der Waals surface area contributed by atoms with Gasteiger partial charge in [-0.05, 0) is 37.6 Å². The van der Waals surface area contributed by atoms with Gasteiger partial charge in [-0.2, -0.15) is 0 Å². The summed E-state index contributed by atoms with van der Waals surface area (Å²) in [4.78, 5) is 8.47. The molecule has 1 N–H and O–H groups in total. The van der Waals surface area contributed by atoms with Crippen molar-refractivity contribution in [2.24, 2.45) is 0 Å². The number of hydrogen-bond donors (Lipinski definition) is 1. The van der Waals surface area contributed by atoms with Crippen LogP contribution in [-0.2, 0) is 6.54 Å². The van der Waals surface area contributed by atoms with E-state index in [4.69, 9.17) is 0 Å². The van der Waals surface area contributed by atoms with E-state index in [1.807, 2.05) is 25.1 Å².